The molecule has 1 fully saturated rings. The molecule has 1 aliphatic rings. The molecule has 0 radical (unpaired) electrons. The fraction of sp³-hybridized carbons (Fsp3) is 0.538. The minimum Gasteiger partial charge on any atom is -0.382 e. The number of thioether (sulfide) groups is 1. The Kier molecular flexibility index (Phi) is 3.95. The molecule has 1 N–H and O–H groups in total. The Morgan fingerprint density at radius 3 is 2.53 bits per heavy atom. The van der Waals surface area contributed by atoms with Crippen LogP contribution < -0.4 is 5.32 Å². The molecule has 0 amide bonds. The Morgan fingerprint density at radius 1 is 1.27 bits per heavy atom. The molecule has 0 heterocycles. The summed E-state index contributed by atoms with van der Waals surface area (Å²) in [6.45, 7) is 0. The van der Waals surface area contributed by atoms with Gasteiger partial charge in [-0.2, -0.15) is 11.8 Å². The first-order chi connectivity index (χ1) is 7.38. The van der Waals surface area contributed by atoms with Gasteiger partial charge in [0.1, 0.15) is 0 Å². The summed E-state index contributed by atoms with van der Waals surface area (Å²) in [5, 5.41) is 3.56. The van der Waals surface area contributed by atoms with Crippen LogP contribution in [0.2, 0.25) is 0 Å². The summed E-state index contributed by atoms with van der Waals surface area (Å²) in [7, 11) is 0. The van der Waals surface area contributed by atoms with Gasteiger partial charge in [0.05, 0.1) is 0 Å². The second-order valence-electron chi connectivity index (χ2n) is 4.21. The Labute approximate surface area is 96.7 Å². The van der Waals surface area contributed by atoms with Crippen molar-refractivity contribution in [2.24, 2.45) is 0 Å². The molecule has 0 spiro atoms. The van der Waals surface area contributed by atoms with Crippen molar-refractivity contribution in [1.82, 2.24) is 0 Å². The van der Waals surface area contributed by atoms with E-state index in [1.807, 2.05) is 11.8 Å². The molecular formula is C13H19NS. The maximum Gasteiger partial charge on any atom is 0.0342 e. The van der Waals surface area contributed by atoms with E-state index in [2.05, 4.69) is 35.8 Å². The fourth-order valence-electron chi connectivity index (χ4n) is 1.78. The molecule has 0 atom stereocenters. The second-order valence-corrected chi connectivity index (χ2v) is 5.20. The van der Waals surface area contributed by atoms with Gasteiger partial charge in [-0.25, -0.2) is 0 Å². The van der Waals surface area contributed by atoms with Gasteiger partial charge < -0.3 is 5.32 Å². The van der Waals surface area contributed by atoms with Crippen molar-refractivity contribution >= 4 is 17.4 Å². The Bertz CT molecular complexity index is 290. The average molecular weight is 221 g/mol. The molecule has 2 rings (SSSR count). The van der Waals surface area contributed by atoms with Crippen molar-refractivity contribution in [3.05, 3.63) is 29.8 Å². The molecule has 82 valence electrons. The molecule has 1 nitrogen and oxygen atoms in total. The standard InChI is InChI=1S/C13H19NS/c1-15-10-9-11-5-7-13(8-6-11)14-12-3-2-4-12/h5-8,12,14H,2-4,9-10H2,1H3. The molecule has 0 unspecified atom stereocenters. The summed E-state index contributed by atoms with van der Waals surface area (Å²) in [6, 6.07) is 9.66. The number of hydrogen-bond acceptors (Lipinski definition) is 2. The zero-order chi connectivity index (χ0) is 10.5. The van der Waals surface area contributed by atoms with E-state index in [1.54, 1.807) is 0 Å². The van der Waals surface area contributed by atoms with Crippen LogP contribution in [0.5, 0.6) is 0 Å². The summed E-state index contributed by atoms with van der Waals surface area (Å²) in [4.78, 5) is 0. The smallest absolute Gasteiger partial charge is 0.0342 e. The summed E-state index contributed by atoms with van der Waals surface area (Å²) >= 11 is 1.91. The minimum absolute atomic E-state index is 0.738. The van der Waals surface area contributed by atoms with Crippen LogP contribution in [0.15, 0.2) is 24.3 Å². The van der Waals surface area contributed by atoms with Crippen molar-refractivity contribution < 1.29 is 0 Å². The Balaban J connectivity index is 1.85. The zero-order valence-corrected chi connectivity index (χ0v) is 10.1. The van der Waals surface area contributed by atoms with Crippen LogP contribution in [0.4, 0.5) is 5.69 Å². The van der Waals surface area contributed by atoms with Crippen LogP contribution in [0.3, 0.4) is 0 Å². The van der Waals surface area contributed by atoms with Gasteiger partial charge in [0.2, 0.25) is 0 Å². The van der Waals surface area contributed by atoms with Crippen LogP contribution in [0.25, 0.3) is 0 Å². The molecule has 1 saturated carbocycles. The third kappa shape index (κ3) is 3.16. The number of rotatable bonds is 5. The van der Waals surface area contributed by atoms with Gasteiger partial charge in [-0.3, -0.25) is 0 Å². The molecule has 1 aliphatic carbocycles. The summed E-state index contributed by atoms with van der Waals surface area (Å²) in [5.74, 6) is 1.22. The van der Waals surface area contributed by atoms with E-state index in [0.29, 0.717) is 0 Å². The highest BCUT2D eigenvalue weighted by molar-refractivity contribution is 7.98. The van der Waals surface area contributed by atoms with E-state index in [4.69, 9.17) is 0 Å². The SMILES string of the molecule is CSCCc1ccc(NC2CCC2)cc1. The van der Waals surface area contributed by atoms with E-state index in [9.17, 15) is 0 Å². The van der Waals surface area contributed by atoms with Gasteiger partial charge >= 0.3 is 0 Å². The van der Waals surface area contributed by atoms with Crippen LogP contribution in [0.1, 0.15) is 24.8 Å². The highest BCUT2D eigenvalue weighted by Crippen LogP contribution is 2.23. The van der Waals surface area contributed by atoms with Gasteiger partial charge in [-0.05, 0) is 55.4 Å². The minimum atomic E-state index is 0.738. The third-order valence-electron chi connectivity index (χ3n) is 3.02. The van der Waals surface area contributed by atoms with Gasteiger partial charge in [0, 0.05) is 11.7 Å². The van der Waals surface area contributed by atoms with Gasteiger partial charge in [-0.1, -0.05) is 12.1 Å². The van der Waals surface area contributed by atoms with Crippen LogP contribution in [-0.2, 0) is 6.42 Å². The molecule has 0 aromatic heterocycles. The molecule has 15 heavy (non-hydrogen) atoms. The van der Waals surface area contributed by atoms with E-state index in [1.165, 1.54) is 42.7 Å². The first-order valence-corrected chi connectivity index (χ1v) is 7.12. The third-order valence-corrected chi connectivity index (χ3v) is 3.64. The lowest BCUT2D eigenvalue weighted by Crippen LogP contribution is -2.26. The van der Waals surface area contributed by atoms with Crippen LogP contribution in [-0.4, -0.2) is 18.1 Å². The lowest BCUT2D eigenvalue weighted by atomic mass is 9.93. The fourth-order valence-corrected chi connectivity index (χ4v) is 2.22. The van der Waals surface area contributed by atoms with E-state index in [-0.39, 0.29) is 0 Å². The number of aryl methyl sites for hydroxylation is 1. The van der Waals surface area contributed by atoms with Gasteiger partial charge in [-0.15, -0.1) is 0 Å². The Morgan fingerprint density at radius 2 is 2.00 bits per heavy atom. The first kappa shape index (κ1) is 10.9. The first-order valence-electron chi connectivity index (χ1n) is 5.73. The van der Waals surface area contributed by atoms with Crippen molar-refractivity contribution in [2.45, 2.75) is 31.7 Å². The molecule has 0 saturated heterocycles. The predicted octanol–water partition coefficient (Wildman–Crippen LogP) is 3.56. The lowest BCUT2D eigenvalue weighted by molar-refractivity contribution is 0.445. The quantitative estimate of drug-likeness (QED) is 0.816. The molecule has 1 aromatic carbocycles. The normalized spacial score (nSPS) is 16.1. The maximum absolute atomic E-state index is 3.56. The summed E-state index contributed by atoms with van der Waals surface area (Å²) in [5.41, 5.74) is 2.73. The van der Waals surface area contributed by atoms with Crippen molar-refractivity contribution in [2.75, 3.05) is 17.3 Å². The number of benzene rings is 1. The number of anilines is 1. The average Bonchev–Trinajstić information content (AvgIpc) is 2.22. The van der Waals surface area contributed by atoms with E-state index in [0.717, 1.165) is 6.04 Å². The molecule has 2 heteroatoms. The predicted molar refractivity (Wildman–Crippen MR) is 69.8 cm³/mol. The van der Waals surface area contributed by atoms with Crippen LogP contribution in [0, 0.1) is 0 Å². The summed E-state index contributed by atoms with van der Waals surface area (Å²) < 4.78 is 0. The van der Waals surface area contributed by atoms with E-state index >= 15 is 0 Å². The number of hydrogen-bond donors (Lipinski definition) is 1. The monoisotopic (exact) mass is 221 g/mol. The van der Waals surface area contributed by atoms with Gasteiger partial charge in [0.15, 0.2) is 0 Å². The highest BCUT2D eigenvalue weighted by Gasteiger charge is 2.16. The van der Waals surface area contributed by atoms with E-state index < -0.39 is 0 Å². The van der Waals surface area contributed by atoms with Crippen molar-refractivity contribution in [3.8, 4) is 0 Å². The topological polar surface area (TPSA) is 12.0 Å². The van der Waals surface area contributed by atoms with Gasteiger partial charge in [0.25, 0.3) is 0 Å². The number of nitrogens with one attached hydrogen (secondary N) is 1. The molecule has 0 bridgehead atoms. The zero-order valence-electron chi connectivity index (χ0n) is 9.33. The van der Waals surface area contributed by atoms with Crippen LogP contribution >= 0.6 is 11.8 Å². The van der Waals surface area contributed by atoms with Crippen molar-refractivity contribution in [1.29, 1.82) is 0 Å². The second kappa shape index (κ2) is 5.45. The highest BCUT2D eigenvalue weighted by atomic mass is 32.2. The lowest BCUT2D eigenvalue weighted by Gasteiger charge is -2.27. The molecule has 1 aromatic rings. The largest absolute Gasteiger partial charge is 0.382 e. The molecular weight excluding hydrogens is 202 g/mol. The maximum atomic E-state index is 3.56. The summed E-state index contributed by atoms with van der Waals surface area (Å²) in [6.07, 6.45) is 7.42. The van der Waals surface area contributed by atoms with Crippen molar-refractivity contribution in [3.63, 3.8) is 0 Å². The Hall–Kier alpha value is -0.630. The molecule has 0 aliphatic heterocycles.